The lowest BCUT2D eigenvalue weighted by molar-refractivity contribution is 0.0240. The molecule has 9 nitrogen and oxygen atoms in total. The van der Waals surface area contributed by atoms with E-state index in [0.717, 1.165) is 5.82 Å². The fraction of sp³-hybridized carbons (Fsp3) is 0.435. The molecule has 0 aliphatic carbocycles. The lowest BCUT2D eigenvalue weighted by Crippen LogP contribution is -2.50. The summed E-state index contributed by atoms with van der Waals surface area (Å²) in [5.74, 6) is 0.646. The number of hydrogen-bond donors (Lipinski definition) is 2. The zero-order valence-corrected chi connectivity index (χ0v) is 19.4. The van der Waals surface area contributed by atoms with Crippen LogP contribution in [0.2, 0.25) is 0 Å². The summed E-state index contributed by atoms with van der Waals surface area (Å²) in [6, 6.07) is 6.92. The van der Waals surface area contributed by atoms with Gasteiger partial charge in [-0.25, -0.2) is 19.0 Å². The smallest absolute Gasteiger partial charge is 0.410 e. The van der Waals surface area contributed by atoms with Crippen molar-refractivity contribution in [2.45, 2.75) is 33.3 Å². The summed E-state index contributed by atoms with van der Waals surface area (Å²) in [7, 11) is 0. The molecule has 1 aliphatic rings. The van der Waals surface area contributed by atoms with Crippen LogP contribution in [-0.4, -0.2) is 60.4 Å². The molecule has 2 aromatic rings. The Hall–Kier alpha value is -3.56. The maximum atomic E-state index is 13.6. The number of nitrogens with zero attached hydrogens (tertiary/aromatic N) is 3. The molecule has 1 aliphatic heterocycles. The van der Waals surface area contributed by atoms with Gasteiger partial charge in [0.15, 0.2) is 0 Å². The predicted octanol–water partition coefficient (Wildman–Crippen LogP) is 4.32. The normalized spacial score (nSPS) is 14.0. The molecule has 0 unspecified atom stereocenters. The maximum absolute atomic E-state index is 13.6. The number of aromatic nitrogens is 1. The van der Waals surface area contributed by atoms with Gasteiger partial charge >= 0.3 is 12.1 Å². The molecule has 2 N–H and O–H groups in total. The van der Waals surface area contributed by atoms with Crippen LogP contribution in [0.25, 0.3) is 0 Å². The van der Waals surface area contributed by atoms with Crippen LogP contribution in [0, 0.1) is 5.82 Å². The first-order chi connectivity index (χ1) is 15.6. The number of amides is 3. The molecule has 1 aromatic carbocycles. The van der Waals surface area contributed by atoms with E-state index in [4.69, 9.17) is 9.47 Å². The fourth-order valence-corrected chi connectivity index (χ4v) is 3.26. The third-order valence-electron chi connectivity index (χ3n) is 4.75. The molecule has 10 heteroatoms. The van der Waals surface area contributed by atoms with Gasteiger partial charge in [-0.05, 0) is 52.0 Å². The van der Waals surface area contributed by atoms with Crippen molar-refractivity contribution in [3.8, 4) is 5.75 Å². The van der Waals surface area contributed by atoms with Crippen molar-refractivity contribution in [3.05, 3.63) is 42.3 Å². The second kappa shape index (κ2) is 10.4. The van der Waals surface area contributed by atoms with E-state index in [1.165, 1.54) is 18.2 Å². The minimum Gasteiger partial charge on any atom is -0.492 e. The van der Waals surface area contributed by atoms with Gasteiger partial charge in [-0.3, -0.25) is 0 Å². The number of ether oxygens (including phenoxy) is 2. The van der Waals surface area contributed by atoms with E-state index in [2.05, 4.69) is 20.5 Å². The molecule has 0 bridgehead atoms. The highest BCUT2D eigenvalue weighted by atomic mass is 19.1. The molecule has 0 radical (unpaired) electrons. The van der Waals surface area contributed by atoms with Crippen molar-refractivity contribution in [1.29, 1.82) is 0 Å². The number of benzene rings is 1. The molecule has 1 aromatic heterocycles. The minimum atomic E-state index is -0.540. The molecule has 3 amide bonds. The quantitative estimate of drug-likeness (QED) is 0.691. The Balaban J connectivity index is 1.53. The number of piperazine rings is 1. The highest BCUT2D eigenvalue weighted by Crippen LogP contribution is 2.26. The van der Waals surface area contributed by atoms with E-state index >= 15 is 0 Å². The molecule has 1 saturated heterocycles. The first kappa shape index (κ1) is 24.1. The van der Waals surface area contributed by atoms with E-state index < -0.39 is 17.4 Å². The fourth-order valence-electron chi connectivity index (χ4n) is 3.26. The zero-order chi connectivity index (χ0) is 24.0. The number of pyridine rings is 1. The second-order valence-electron chi connectivity index (χ2n) is 8.51. The van der Waals surface area contributed by atoms with Crippen LogP contribution in [0.1, 0.15) is 27.7 Å². The third-order valence-corrected chi connectivity index (χ3v) is 4.75. The largest absolute Gasteiger partial charge is 0.492 e. The van der Waals surface area contributed by atoms with Gasteiger partial charge in [0.2, 0.25) is 0 Å². The average molecular weight is 460 g/mol. The summed E-state index contributed by atoms with van der Waals surface area (Å²) in [5, 5.41) is 5.27. The van der Waals surface area contributed by atoms with Gasteiger partial charge in [-0.1, -0.05) is 0 Å². The van der Waals surface area contributed by atoms with Crippen molar-refractivity contribution in [2.24, 2.45) is 0 Å². The predicted molar refractivity (Wildman–Crippen MR) is 124 cm³/mol. The lowest BCUT2D eigenvalue weighted by atomic mass is 10.2. The van der Waals surface area contributed by atoms with Gasteiger partial charge in [-0.2, -0.15) is 0 Å². The van der Waals surface area contributed by atoms with E-state index in [9.17, 15) is 14.0 Å². The first-order valence-corrected chi connectivity index (χ1v) is 10.8. The number of nitrogens with one attached hydrogen (secondary N) is 2. The van der Waals surface area contributed by atoms with Gasteiger partial charge < -0.3 is 29.9 Å². The number of carbonyl (C=O) groups is 2. The molecule has 1 fully saturated rings. The van der Waals surface area contributed by atoms with Gasteiger partial charge in [0.05, 0.1) is 24.2 Å². The topological polar surface area (TPSA) is 96.0 Å². The van der Waals surface area contributed by atoms with E-state index in [1.807, 2.05) is 20.8 Å². The van der Waals surface area contributed by atoms with Crippen molar-refractivity contribution < 1.29 is 23.5 Å². The number of anilines is 3. The van der Waals surface area contributed by atoms with Gasteiger partial charge in [-0.15, -0.1) is 0 Å². The molecule has 0 saturated carbocycles. The lowest BCUT2D eigenvalue weighted by Gasteiger charge is -2.36. The molecule has 33 heavy (non-hydrogen) atoms. The molecular weight excluding hydrogens is 429 g/mol. The summed E-state index contributed by atoms with van der Waals surface area (Å²) in [4.78, 5) is 32.7. The van der Waals surface area contributed by atoms with Crippen LogP contribution < -0.4 is 20.3 Å². The molecular formula is C23H30FN5O4. The van der Waals surface area contributed by atoms with Gasteiger partial charge in [0.25, 0.3) is 0 Å². The van der Waals surface area contributed by atoms with Gasteiger partial charge in [0.1, 0.15) is 23.0 Å². The van der Waals surface area contributed by atoms with Gasteiger partial charge in [0, 0.05) is 32.2 Å². The Morgan fingerprint density at radius 2 is 1.82 bits per heavy atom. The third kappa shape index (κ3) is 6.96. The second-order valence-corrected chi connectivity index (χ2v) is 8.51. The highest BCUT2D eigenvalue weighted by Gasteiger charge is 2.26. The standard InChI is InChI=1S/C23H30FN5O4/c1-5-32-19-8-6-16(24)14-18(19)27-21(30)26-17-7-9-20(25-15-17)28-10-12-29(13-11-28)22(31)33-23(2,3)4/h6-9,14-15H,5,10-13H2,1-4H3,(H2,26,27,30). The monoisotopic (exact) mass is 459 g/mol. The Labute approximate surface area is 192 Å². The zero-order valence-electron chi connectivity index (χ0n) is 19.4. The number of urea groups is 1. The summed E-state index contributed by atoms with van der Waals surface area (Å²) < 4.78 is 24.4. The molecule has 0 atom stereocenters. The average Bonchev–Trinajstić information content (AvgIpc) is 2.75. The SMILES string of the molecule is CCOc1ccc(F)cc1NC(=O)Nc1ccc(N2CCN(C(=O)OC(C)(C)C)CC2)nc1. The molecule has 178 valence electrons. The number of carbonyl (C=O) groups excluding carboxylic acids is 2. The van der Waals surface area contributed by atoms with Crippen molar-refractivity contribution in [2.75, 3.05) is 48.3 Å². The Kier molecular flexibility index (Phi) is 7.57. The Morgan fingerprint density at radius 1 is 1.09 bits per heavy atom. The number of rotatable bonds is 5. The highest BCUT2D eigenvalue weighted by molar-refractivity contribution is 6.00. The molecule has 0 spiro atoms. The summed E-state index contributed by atoms with van der Waals surface area (Å²) in [6.07, 6.45) is 1.23. The number of hydrogen-bond acceptors (Lipinski definition) is 6. The van der Waals surface area contributed by atoms with Crippen LogP contribution in [0.4, 0.5) is 31.2 Å². The number of halogens is 1. The summed E-state index contributed by atoms with van der Waals surface area (Å²) >= 11 is 0. The van der Waals surface area contributed by atoms with E-state index in [1.54, 1.807) is 30.2 Å². The Morgan fingerprint density at radius 3 is 2.42 bits per heavy atom. The van der Waals surface area contributed by atoms with Crippen LogP contribution >= 0.6 is 0 Å². The maximum Gasteiger partial charge on any atom is 0.410 e. The summed E-state index contributed by atoms with van der Waals surface area (Å²) in [5.41, 5.74) is 0.198. The van der Waals surface area contributed by atoms with E-state index in [-0.39, 0.29) is 11.8 Å². The van der Waals surface area contributed by atoms with Crippen molar-refractivity contribution in [1.82, 2.24) is 9.88 Å². The minimum absolute atomic E-state index is 0.238. The van der Waals surface area contributed by atoms with Crippen molar-refractivity contribution >= 4 is 29.3 Å². The van der Waals surface area contributed by atoms with Crippen LogP contribution in [-0.2, 0) is 4.74 Å². The van der Waals surface area contributed by atoms with Crippen LogP contribution in [0.5, 0.6) is 5.75 Å². The first-order valence-electron chi connectivity index (χ1n) is 10.8. The van der Waals surface area contributed by atoms with Crippen molar-refractivity contribution in [3.63, 3.8) is 0 Å². The van der Waals surface area contributed by atoms with E-state index in [0.29, 0.717) is 44.2 Å². The Bertz CT molecular complexity index is 970. The molecule has 2 heterocycles. The summed E-state index contributed by atoms with van der Waals surface area (Å²) in [6.45, 7) is 10.0. The van der Waals surface area contributed by atoms with Crippen LogP contribution in [0.3, 0.4) is 0 Å². The molecule has 3 rings (SSSR count). The van der Waals surface area contributed by atoms with Crippen LogP contribution in [0.15, 0.2) is 36.5 Å².